The molecule has 0 N–H and O–H groups in total. The average molecular weight is 444 g/mol. The summed E-state index contributed by atoms with van der Waals surface area (Å²) < 4.78 is 21.4. The number of carbonyl (C=O) groups is 2. The summed E-state index contributed by atoms with van der Waals surface area (Å²) in [5, 5.41) is 4.31. The summed E-state index contributed by atoms with van der Waals surface area (Å²) in [6, 6.07) is 7.72. The van der Waals surface area contributed by atoms with Gasteiger partial charge >= 0.3 is 0 Å². The zero-order valence-corrected chi connectivity index (χ0v) is 18.6. The van der Waals surface area contributed by atoms with E-state index in [1.165, 1.54) is 6.07 Å². The summed E-state index contributed by atoms with van der Waals surface area (Å²) in [6.07, 6.45) is 2.97. The number of likely N-dealkylation sites (tertiary alicyclic amines) is 1. The summed E-state index contributed by atoms with van der Waals surface area (Å²) in [6.45, 7) is 5.32. The first-order chi connectivity index (χ1) is 15.5. The lowest BCUT2D eigenvalue weighted by atomic mass is 10.0. The van der Waals surface area contributed by atoms with Gasteiger partial charge in [-0.2, -0.15) is 5.10 Å². The molecule has 1 atom stereocenters. The number of benzene rings is 1. The number of likely N-dealkylation sites (N-methyl/N-ethyl adjacent to an activating group) is 1. The molecule has 2 amide bonds. The van der Waals surface area contributed by atoms with Crippen LogP contribution in [0.3, 0.4) is 0 Å². The van der Waals surface area contributed by atoms with Gasteiger partial charge in [0.2, 0.25) is 5.91 Å². The van der Waals surface area contributed by atoms with E-state index in [0.717, 1.165) is 0 Å². The van der Waals surface area contributed by atoms with Gasteiger partial charge in [0, 0.05) is 58.3 Å². The van der Waals surface area contributed by atoms with Crippen molar-refractivity contribution in [2.75, 3.05) is 39.8 Å². The van der Waals surface area contributed by atoms with E-state index in [1.807, 2.05) is 23.8 Å². The molecule has 2 aromatic rings. The number of halogens is 1. The van der Waals surface area contributed by atoms with Gasteiger partial charge in [-0.05, 0) is 32.2 Å². The number of para-hydroxylation sites is 1. The molecule has 1 aromatic carbocycles. The van der Waals surface area contributed by atoms with Gasteiger partial charge in [0.05, 0.1) is 0 Å². The second-order valence-electron chi connectivity index (χ2n) is 8.38. The van der Waals surface area contributed by atoms with Gasteiger partial charge in [0.1, 0.15) is 17.8 Å². The van der Waals surface area contributed by atoms with E-state index in [4.69, 9.17) is 4.74 Å². The third kappa shape index (κ3) is 4.77. The van der Waals surface area contributed by atoms with Crippen LogP contribution in [0.25, 0.3) is 0 Å². The van der Waals surface area contributed by atoms with Crippen molar-refractivity contribution in [3.63, 3.8) is 0 Å². The van der Waals surface area contributed by atoms with Crippen LogP contribution >= 0.6 is 0 Å². The summed E-state index contributed by atoms with van der Waals surface area (Å²) in [5.74, 6) is -0.235. The van der Waals surface area contributed by atoms with Crippen LogP contribution in [0.4, 0.5) is 4.39 Å². The Labute approximate surface area is 187 Å². The Kier molecular flexibility index (Phi) is 6.74. The fourth-order valence-corrected chi connectivity index (χ4v) is 4.26. The number of hydrogen-bond donors (Lipinski definition) is 0. The molecule has 8 nitrogen and oxygen atoms in total. The Morgan fingerprint density at radius 1 is 1.09 bits per heavy atom. The van der Waals surface area contributed by atoms with E-state index in [-0.39, 0.29) is 35.5 Å². The fourth-order valence-electron chi connectivity index (χ4n) is 4.26. The zero-order chi connectivity index (χ0) is 22.7. The Balaban J connectivity index is 1.34. The molecular formula is C23H30FN5O3. The monoisotopic (exact) mass is 443 g/mol. The van der Waals surface area contributed by atoms with Gasteiger partial charge in [-0.25, -0.2) is 4.39 Å². The van der Waals surface area contributed by atoms with E-state index in [9.17, 15) is 14.0 Å². The smallest absolute Gasteiger partial charge is 0.274 e. The lowest BCUT2D eigenvalue weighted by Gasteiger charge is -2.41. The third-order valence-electron chi connectivity index (χ3n) is 6.29. The second kappa shape index (κ2) is 9.68. The highest BCUT2D eigenvalue weighted by Gasteiger charge is 2.36. The molecule has 2 fully saturated rings. The number of aromatic nitrogens is 2. The summed E-state index contributed by atoms with van der Waals surface area (Å²) >= 11 is 0. The Morgan fingerprint density at radius 3 is 2.53 bits per heavy atom. The number of rotatable bonds is 5. The topological polar surface area (TPSA) is 70.9 Å². The van der Waals surface area contributed by atoms with Crippen LogP contribution < -0.4 is 4.74 Å². The summed E-state index contributed by atoms with van der Waals surface area (Å²) in [7, 11) is 1.92. The molecule has 3 heterocycles. The molecule has 4 rings (SSSR count). The molecule has 2 aliphatic rings. The van der Waals surface area contributed by atoms with Crippen molar-refractivity contribution in [1.82, 2.24) is 24.5 Å². The Bertz CT molecular complexity index is 957. The molecule has 2 saturated heterocycles. The number of ether oxygens (including phenoxy) is 1. The maximum Gasteiger partial charge on any atom is 0.274 e. The standard InChI is InChI=1S/C23H30FN5O3/c1-3-29-13-10-19(25-29)22(30)28-15-14-26(2)20(16-28)23(31)27-11-8-17(9-12-27)32-21-7-5-4-6-18(21)24/h4-7,10,13,17,20H,3,8-9,11-12,14-16H2,1-2H3/t20-/m1/s1. The van der Waals surface area contributed by atoms with Crippen molar-refractivity contribution >= 4 is 11.8 Å². The highest BCUT2D eigenvalue weighted by molar-refractivity contribution is 5.93. The highest BCUT2D eigenvalue weighted by Crippen LogP contribution is 2.23. The normalized spacial score (nSPS) is 20.4. The molecule has 172 valence electrons. The van der Waals surface area contributed by atoms with Crippen molar-refractivity contribution in [3.8, 4) is 5.75 Å². The van der Waals surface area contributed by atoms with Gasteiger partial charge in [0.15, 0.2) is 11.6 Å². The molecule has 2 aliphatic heterocycles. The van der Waals surface area contributed by atoms with E-state index in [1.54, 1.807) is 40.0 Å². The van der Waals surface area contributed by atoms with Crippen LogP contribution in [0.5, 0.6) is 5.75 Å². The van der Waals surface area contributed by atoms with Crippen molar-refractivity contribution in [3.05, 3.63) is 48.0 Å². The van der Waals surface area contributed by atoms with Crippen LogP contribution in [-0.4, -0.2) is 88.2 Å². The molecule has 0 bridgehead atoms. The van der Waals surface area contributed by atoms with E-state index < -0.39 is 0 Å². The van der Waals surface area contributed by atoms with Crippen molar-refractivity contribution in [1.29, 1.82) is 0 Å². The fraction of sp³-hybridized carbons (Fsp3) is 0.522. The second-order valence-corrected chi connectivity index (χ2v) is 8.38. The minimum atomic E-state index is -0.384. The molecule has 0 unspecified atom stereocenters. The number of piperidine rings is 1. The number of hydrogen-bond acceptors (Lipinski definition) is 5. The molecule has 0 spiro atoms. The first kappa shape index (κ1) is 22.3. The van der Waals surface area contributed by atoms with Crippen LogP contribution in [-0.2, 0) is 11.3 Å². The number of nitrogens with zero attached hydrogens (tertiary/aromatic N) is 5. The third-order valence-corrected chi connectivity index (χ3v) is 6.29. The SMILES string of the molecule is CCn1ccc(C(=O)N2CCN(C)[C@@H](C(=O)N3CCC(Oc4ccccc4F)CC3)C2)n1. The first-order valence-corrected chi connectivity index (χ1v) is 11.2. The van der Waals surface area contributed by atoms with Gasteiger partial charge in [-0.3, -0.25) is 19.2 Å². The predicted octanol–water partition coefficient (Wildman–Crippen LogP) is 1.87. The van der Waals surface area contributed by atoms with Crippen LogP contribution in [0.15, 0.2) is 36.5 Å². The lowest BCUT2D eigenvalue weighted by molar-refractivity contribution is -0.140. The van der Waals surface area contributed by atoms with Crippen LogP contribution in [0.2, 0.25) is 0 Å². The van der Waals surface area contributed by atoms with Gasteiger partial charge < -0.3 is 14.5 Å². The maximum atomic E-state index is 13.8. The van der Waals surface area contributed by atoms with Crippen LogP contribution in [0.1, 0.15) is 30.3 Å². The van der Waals surface area contributed by atoms with E-state index >= 15 is 0 Å². The average Bonchev–Trinajstić information content (AvgIpc) is 3.30. The first-order valence-electron chi connectivity index (χ1n) is 11.2. The molecule has 32 heavy (non-hydrogen) atoms. The highest BCUT2D eigenvalue weighted by atomic mass is 19.1. The number of aryl methyl sites for hydroxylation is 1. The van der Waals surface area contributed by atoms with Gasteiger partial charge in [0.25, 0.3) is 5.91 Å². The van der Waals surface area contributed by atoms with Crippen molar-refractivity contribution in [2.45, 2.75) is 38.5 Å². The number of piperazine rings is 1. The molecular weight excluding hydrogens is 413 g/mol. The Hall–Kier alpha value is -2.94. The van der Waals surface area contributed by atoms with Gasteiger partial charge in [-0.15, -0.1) is 0 Å². The number of carbonyl (C=O) groups excluding carboxylic acids is 2. The molecule has 0 saturated carbocycles. The largest absolute Gasteiger partial charge is 0.487 e. The zero-order valence-electron chi connectivity index (χ0n) is 18.6. The number of amides is 2. The molecule has 0 radical (unpaired) electrons. The predicted molar refractivity (Wildman–Crippen MR) is 117 cm³/mol. The van der Waals surface area contributed by atoms with Crippen molar-refractivity contribution < 1.29 is 18.7 Å². The summed E-state index contributed by atoms with van der Waals surface area (Å²) in [5.41, 5.74) is 0.411. The lowest BCUT2D eigenvalue weighted by Crippen LogP contribution is -2.60. The minimum Gasteiger partial charge on any atom is -0.487 e. The minimum absolute atomic E-state index is 0.0217. The molecule has 9 heteroatoms. The summed E-state index contributed by atoms with van der Waals surface area (Å²) in [4.78, 5) is 31.7. The molecule has 1 aromatic heterocycles. The Morgan fingerprint density at radius 2 is 1.84 bits per heavy atom. The van der Waals surface area contributed by atoms with Crippen molar-refractivity contribution in [2.24, 2.45) is 0 Å². The quantitative estimate of drug-likeness (QED) is 0.706. The molecule has 0 aliphatic carbocycles. The maximum absolute atomic E-state index is 13.8. The van der Waals surface area contributed by atoms with Gasteiger partial charge in [-0.1, -0.05) is 12.1 Å². The van der Waals surface area contributed by atoms with E-state index in [2.05, 4.69) is 5.10 Å². The van der Waals surface area contributed by atoms with E-state index in [0.29, 0.717) is 57.8 Å². The van der Waals surface area contributed by atoms with Crippen LogP contribution in [0, 0.1) is 5.82 Å².